The molecule has 0 unspecified atom stereocenters. The molecule has 0 aliphatic heterocycles. The third-order valence-electron chi connectivity index (χ3n) is 3.56. The van der Waals surface area contributed by atoms with Crippen LogP contribution in [0.25, 0.3) is 11.1 Å². The highest BCUT2D eigenvalue weighted by atomic mass is 127. The van der Waals surface area contributed by atoms with Crippen LogP contribution in [0.5, 0.6) is 0 Å². The van der Waals surface area contributed by atoms with E-state index in [-0.39, 0.29) is 12.4 Å². The van der Waals surface area contributed by atoms with E-state index in [4.69, 9.17) is 9.47 Å². The number of hydrogen-bond acceptors (Lipinski definition) is 4. The van der Waals surface area contributed by atoms with Gasteiger partial charge in [-0.15, -0.1) is 0 Å². The van der Waals surface area contributed by atoms with Crippen molar-refractivity contribution in [1.82, 2.24) is 9.88 Å². The Bertz CT molecular complexity index is 825. The molecule has 0 spiro atoms. The average Bonchev–Trinajstić information content (AvgIpc) is 2.89. The number of aromatic nitrogens is 1. The summed E-state index contributed by atoms with van der Waals surface area (Å²) in [6, 6.07) is 5.91. The molecule has 8 heteroatoms. The fourth-order valence-electron chi connectivity index (χ4n) is 2.50. The number of nitrogens with one attached hydrogen (secondary N) is 1. The number of alkyl carbamates (subject to hydrolysis) is 1. The number of nitrogens with zero attached hydrogens (tertiary/aromatic N) is 1. The van der Waals surface area contributed by atoms with E-state index in [0.29, 0.717) is 23.4 Å². The van der Waals surface area contributed by atoms with Crippen LogP contribution in [0.4, 0.5) is 9.18 Å². The smallest absolute Gasteiger partial charge is 0.407 e. The Hall–Kier alpha value is -2.10. The number of benzene rings is 1. The second-order valence-corrected chi connectivity index (χ2v) is 7.98. The molecule has 0 aliphatic rings. The van der Waals surface area contributed by atoms with Crippen molar-refractivity contribution in [3.8, 4) is 11.1 Å². The molecule has 0 saturated heterocycles. The number of halogens is 2. The minimum absolute atomic E-state index is 0.270. The van der Waals surface area contributed by atoms with E-state index in [1.165, 1.54) is 19.2 Å². The fraction of sp³-hybridized carbons (Fsp3) is 0.368. The van der Waals surface area contributed by atoms with E-state index in [9.17, 15) is 14.0 Å². The molecular formula is C19H22FIN2O4. The standard InChI is InChI=1S/C19H22FIN2O4/c1-19(2,3)27-18(25)22-9-10-23-11-14(21)15(16(23)17(24)26-4)12-5-7-13(20)8-6-12/h5-8,11H,9-10H2,1-4H3,(H,22,25). The topological polar surface area (TPSA) is 69.6 Å². The quantitative estimate of drug-likeness (QED) is 0.506. The summed E-state index contributed by atoms with van der Waals surface area (Å²) in [6.07, 6.45) is 1.27. The molecule has 2 rings (SSSR count). The van der Waals surface area contributed by atoms with Crippen LogP contribution in [0.3, 0.4) is 0 Å². The average molecular weight is 488 g/mol. The monoisotopic (exact) mass is 488 g/mol. The summed E-state index contributed by atoms with van der Waals surface area (Å²) in [5.41, 5.74) is 1.14. The highest BCUT2D eigenvalue weighted by molar-refractivity contribution is 14.1. The number of methoxy groups -OCH3 is 1. The van der Waals surface area contributed by atoms with Crippen LogP contribution >= 0.6 is 22.6 Å². The Morgan fingerprint density at radius 2 is 1.85 bits per heavy atom. The third-order valence-corrected chi connectivity index (χ3v) is 4.38. The zero-order chi connectivity index (χ0) is 20.2. The summed E-state index contributed by atoms with van der Waals surface area (Å²) in [7, 11) is 1.31. The van der Waals surface area contributed by atoms with E-state index >= 15 is 0 Å². The summed E-state index contributed by atoms with van der Waals surface area (Å²) in [5.74, 6) is -0.858. The van der Waals surface area contributed by atoms with E-state index in [1.807, 2.05) is 0 Å². The van der Waals surface area contributed by atoms with Gasteiger partial charge in [0.05, 0.1) is 7.11 Å². The molecule has 27 heavy (non-hydrogen) atoms. The summed E-state index contributed by atoms with van der Waals surface area (Å²) in [6.45, 7) is 5.97. The van der Waals surface area contributed by atoms with E-state index in [1.54, 1.807) is 43.7 Å². The zero-order valence-electron chi connectivity index (χ0n) is 15.6. The highest BCUT2D eigenvalue weighted by Crippen LogP contribution is 2.31. The number of carbonyl (C=O) groups excluding carboxylic acids is 2. The van der Waals surface area contributed by atoms with Crippen LogP contribution in [0, 0.1) is 9.39 Å². The zero-order valence-corrected chi connectivity index (χ0v) is 17.8. The largest absolute Gasteiger partial charge is 0.464 e. The molecule has 1 aromatic heterocycles. The van der Waals surface area contributed by atoms with Crippen molar-refractivity contribution in [3.05, 3.63) is 45.5 Å². The first kappa shape index (κ1) is 21.2. The highest BCUT2D eigenvalue weighted by Gasteiger charge is 2.23. The third kappa shape index (κ3) is 5.69. The Balaban J connectivity index is 2.24. The molecule has 0 aliphatic carbocycles. The lowest BCUT2D eigenvalue weighted by atomic mass is 10.1. The lowest BCUT2D eigenvalue weighted by molar-refractivity contribution is 0.0526. The Labute approximate surface area is 171 Å². The molecule has 2 aromatic rings. The first-order valence-corrected chi connectivity index (χ1v) is 9.40. The van der Waals surface area contributed by atoms with Gasteiger partial charge in [-0.25, -0.2) is 14.0 Å². The van der Waals surface area contributed by atoms with Crippen LogP contribution in [0.2, 0.25) is 0 Å². The first-order valence-electron chi connectivity index (χ1n) is 8.32. The van der Waals surface area contributed by atoms with E-state index in [2.05, 4.69) is 27.9 Å². The van der Waals surface area contributed by atoms with Gasteiger partial charge in [0.25, 0.3) is 0 Å². The van der Waals surface area contributed by atoms with Gasteiger partial charge in [-0.1, -0.05) is 12.1 Å². The predicted molar refractivity (Wildman–Crippen MR) is 108 cm³/mol. The SMILES string of the molecule is COC(=O)c1c(-c2ccc(F)cc2)c(I)cn1CCNC(=O)OC(C)(C)C. The van der Waals surface area contributed by atoms with Crippen molar-refractivity contribution in [1.29, 1.82) is 0 Å². The van der Waals surface area contributed by atoms with Crippen molar-refractivity contribution in [2.24, 2.45) is 0 Å². The number of rotatable bonds is 5. The van der Waals surface area contributed by atoms with Crippen LogP contribution in [0.15, 0.2) is 30.5 Å². The minimum atomic E-state index is -0.583. The number of amides is 1. The van der Waals surface area contributed by atoms with Gasteiger partial charge in [0, 0.05) is 28.4 Å². The molecule has 1 heterocycles. The number of carbonyl (C=O) groups is 2. The lowest BCUT2D eigenvalue weighted by Crippen LogP contribution is -2.34. The maximum absolute atomic E-state index is 13.2. The van der Waals surface area contributed by atoms with Crippen molar-refractivity contribution in [2.45, 2.75) is 32.9 Å². The summed E-state index contributed by atoms with van der Waals surface area (Å²) >= 11 is 2.12. The number of hydrogen-bond donors (Lipinski definition) is 1. The number of esters is 1. The molecule has 0 fully saturated rings. The Kier molecular flexibility index (Phi) is 6.85. The molecule has 146 valence electrons. The molecule has 0 bridgehead atoms. The second-order valence-electron chi connectivity index (χ2n) is 6.82. The number of ether oxygens (including phenoxy) is 2. The Morgan fingerprint density at radius 1 is 1.22 bits per heavy atom. The van der Waals surface area contributed by atoms with Gasteiger partial charge in [-0.3, -0.25) is 0 Å². The maximum atomic E-state index is 13.2. The lowest BCUT2D eigenvalue weighted by Gasteiger charge is -2.19. The van der Waals surface area contributed by atoms with Crippen LogP contribution < -0.4 is 5.32 Å². The molecule has 0 atom stereocenters. The predicted octanol–water partition coefficient (Wildman–Crippen LogP) is 4.21. The van der Waals surface area contributed by atoms with Crippen LogP contribution in [0.1, 0.15) is 31.3 Å². The van der Waals surface area contributed by atoms with Crippen molar-refractivity contribution >= 4 is 34.7 Å². The van der Waals surface area contributed by atoms with Crippen molar-refractivity contribution in [2.75, 3.05) is 13.7 Å². The summed E-state index contributed by atoms with van der Waals surface area (Å²) in [5, 5.41) is 2.66. The van der Waals surface area contributed by atoms with Gasteiger partial charge in [0.15, 0.2) is 0 Å². The normalized spacial score (nSPS) is 11.2. The van der Waals surface area contributed by atoms with Crippen LogP contribution in [-0.2, 0) is 16.0 Å². The van der Waals surface area contributed by atoms with Crippen molar-refractivity contribution < 1.29 is 23.5 Å². The minimum Gasteiger partial charge on any atom is -0.464 e. The van der Waals surface area contributed by atoms with E-state index < -0.39 is 17.7 Å². The molecule has 0 saturated carbocycles. The molecule has 1 aromatic carbocycles. The van der Waals surface area contributed by atoms with E-state index in [0.717, 1.165) is 3.57 Å². The first-order chi connectivity index (χ1) is 12.6. The molecule has 1 N–H and O–H groups in total. The maximum Gasteiger partial charge on any atom is 0.407 e. The molecule has 0 radical (unpaired) electrons. The van der Waals surface area contributed by atoms with Gasteiger partial charge in [-0.05, 0) is 61.1 Å². The fourth-order valence-corrected chi connectivity index (χ4v) is 3.40. The van der Waals surface area contributed by atoms with Crippen molar-refractivity contribution in [3.63, 3.8) is 0 Å². The van der Waals surface area contributed by atoms with Gasteiger partial charge >= 0.3 is 12.1 Å². The van der Waals surface area contributed by atoms with Gasteiger partial charge in [-0.2, -0.15) is 0 Å². The second kappa shape index (κ2) is 8.73. The summed E-state index contributed by atoms with van der Waals surface area (Å²) < 4.78 is 25.9. The molecule has 1 amide bonds. The van der Waals surface area contributed by atoms with Gasteiger partial charge in [0.2, 0.25) is 0 Å². The molecular weight excluding hydrogens is 466 g/mol. The van der Waals surface area contributed by atoms with Gasteiger partial charge < -0.3 is 19.4 Å². The molecule has 6 nitrogen and oxygen atoms in total. The Morgan fingerprint density at radius 3 is 2.41 bits per heavy atom. The van der Waals surface area contributed by atoms with Crippen LogP contribution in [-0.4, -0.2) is 35.9 Å². The van der Waals surface area contributed by atoms with Gasteiger partial charge in [0.1, 0.15) is 17.1 Å². The summed E-state index contributed by atoms with van der Waals surface area (Å²) in [4.78, 5) is 24.1.